The van der Waals surface area contributed by atoms with Crippen LogP contribution >= 0.6 is 24.0 Å². The monoisotopic (exact) mass is 289 g/mol. The Morgan fingerprint density at radius 1 is 1.00 bits per heavy atom. The van der Waals surface area contributed by atoms with Crippen molar-refractivity contribution in [3.63, 3.8) is 0 Å². The molecule has 3 heteroatoms. The van der Waals surface area contributed by atoms with Crippen molar-refractivity contribution in [2.45, 2.75) is 0 Å². The third kappa shape index (κ3) is 2.89. The Hall–Kier alpha value is -1.57. The SMILES string of the molecule is Cl.Clc1ccc2c(c1)C(c1ccccc1)=NCC=C2. The number of hydrogen-bond donors (Lipinski definition) is 0. The zero-order valence-corrected chi connectivity index (χ0v) is 11.8. The van der Waals surface area contributed by atoms with Gasteiger partial charge in [0.15, 0.2) is 0 Å². The summed E-state index contributed by atoms with van der Waals surface area (Å²) < 4.78 is 0. The lowest BCUT2D eigenvalue weighted by molar-refractivity contribution is 1.25. The predicted molar refractivity (Wildman–Crippen MR) is 84.7 cm³/mol. The molecule has 0 unspecified atom stereocenters. The van der Waals surface area contributed by atoms with Crippen LogP contribution in [0, 0.1) is 0 Å². The molecule has 2 aromatic rings. The zero-order chi connectivity index (χ0) is 12.4. The third-order valence-corrected chi connectivity index (χ3v) is 3.21. The fourth-order valence-corrected chi connectivity index (χ4v) is 2.30. The van der Waals surface area contributed by atoms with Gasteiger partial charge in [0.05, 0.1) is 12.3 Å². The number of halogens is 2. The van der Waals surface area contributed by atoms with Gasteiger partial charge in [0.1, 0.15) is 0 Å². The fraction of sp³-hybridized carbons (Fsp3) is 0.0625. The summed E-state index contributed by atoms with van der Waals surface area (Å²) >= 11 is 6.10. The highest BCUT2D eigenvalue weighted by molar-refractivity contribution is 6.31. The van der Waals surface area contributed by atoms with Gasteiger partial charge in [-0.1, -0.05) is 60.2 Å². The Kier molecular flexibility index (Phi) is 4.41. The van der Waals surface area contributed by atoms with Crippen molar-refractivity contribution in [2.75, 3.05) is 6.54 Å². The van der Waals surface area contributed by atoms with Crippen molar-refractivity contribution in [2.24, 2.45) is 4.99 Å². The van der Waals surface area contributed by atoms with Gasteiger partial charge in [-0.2, -0.15) is 0 Å². The number of fused-ring (bicyclic) bond motifs is 1. The number of rotatable bonds is 1. The quantitative estimate of drug-likeness (QED) is 0.726. The van der Waals surface area contributed by atoms with Crippen LogP contribution in [0.2, 0.25) is 5.02 Å². The van der Waals surface area contributed by atoms with Gasteiger partial charge in [-0.05, 0) is 17.7 Å². The van der Waals surface area contributed by atoms with Gasteiger partial charge < -0.3 is 0 Å². The van der Waals surface area contributed by atoms with E-state index in [0.717, 1.165) is 21.9 Å². The summed E-state index contributed by atoms with van der Waals surface area (Å²) in [6.07, 6.45) is 4.17. The molecule has 0 saturated carbocycles. The summed E-state index contributed by atoms with van der Waals surface area (Å²) in [6, 6.07) is 16.2. The summed E-state index contributed by atoms with van der Waals surface area (Å²) in [5.74, 6) is 0. The summed E-state index contributed by atoms with van der Waals surface area (Å²) in [4.78, 5) is 4.65. The van der Waals surface area contributed by atoms with Crippen molar-refractivity contribution >= 4 is 35.8 Å². The first kappa shape index (κ1) is 13.9. The maximum Gasteiger partial charge on any atom is 0.0729 e. The average Bonchev–Trinajstić information content (AvgIpc) is 2.61. The highest BCUT2D eigenvalue weighted by atomic mass is 35.5. The fourth-order valence-electron chi connectivity index (χ4n) is 2.13. The summed E-state index contributed by atoms with van der Waals surface area (Å²) in [7, 11) is 0. The molecule has 0 aliphatic carbocycles. The van der Waals surface area contributed by atoms with Gasteiger partial charge in [0.2, 0.25) is 0 Å². The molecule has 0 N–H and O–H groups in total. The van der Waals surface area contributed by atoms with E-state index in [1.165, 1.54) is 5.56 Å². The van der Waals surface area contributed by atoms with E-state index in [0.29, 0.717) is 6.54 Å². The van der Waals surface area contributed by atoms with Gasteiger partial charge in [0, 0.05) is 16.1 Å². The standard InChI is InChI=1S/C16H12ClN.ClH/c17-14-9-8-12-7-4-10-18-16(15(12)11-14)13-5-2-1-3-6-13;/h1-9,11H,10H2;1H. The van der Waals surface area contributed by atoms with Crippen LogP contribution in [0.4, 0.5) is 0 Å². The first-order valence-corrected chi connectivity index (χ1v) is 6.29. The Morgan fingerprint density at radius 2 is 1.79 bits per heavy atom. The minimum atomic E-state index is 0. The second kappa shape index (κ2) is 6.05. The van der Waals surface area contributed by atoms with E-state index < -0.39 is 0 Å². The molecule has 2 aromatic carbocycles. The summed E-state index contributed by atoms with van der Waals surface area (Å²) in [6.45, 7) is 0.705. The molecule has 0 bridgehead atoms. The van der Waals surface area contributed by atoms with Crippen molar-refractivity contribution < 1.29 is 0 Å². The van der Waals surface area contributed by atoms with Crippen LogP contribution in [0.1, 0.15) is 16.7 Å². The van der Waals surface area contributed by atoms with E-state index in [9.17, 15) is 0 Å². The van der Waals surface area contributed by atoms with E-state index in [4.69, 9.17) is 11.6 Å². The Morgan fingerprint density at radius 3 is 2.58 bits per heavy atom. The first-order valence-electron chi connectivity index (χ1n) is 5.91. The zero-order valence-electron chi connectivity index (χ0n) is 10.2. The average molecular weight is 290 g/mol. The topological polar surface area (TPSA) is 12.4 Å². The molecule has 0 saturated heterocycles. The maximum absolute atomic E-state index is 6.10. The van der Waals surface area contributed by atoms with Crippen LogP contribution in [-0.2, 0) is 0 Å². The Bertz CT molecular complexity index is 630. The molecule has 1 aliphatic rings. The first-order chi connectivity index (χ1) is 8.84. The number of hydrogen-bond acceptors (Lipinski definition) is 1. The van der Waals surface area contributed by atoms with Gasteiger partial charge >= 0.3 is 0 Å². The summed E-state index contributed by atoms with van der Waals surface area (Å²) in [5.41, 5.74) is 4.41. The molecule has 0 spiro atoms. The van der Waals surface area contributed by atoms with Crippen LogP contribution in [-0.4, -0.2) is 12.3 Å². The van der Waals surface area contributed by atoms with Gasteiger partial charge in [-0.25, -0.2) is 0 Å². The molecule has 0 aromatic heterocycles. The molecule has 96 valence electrons. The van der Waals surface area contributed by atoms with E-state index in [-0.39, 0.29) is 12.4 Å². The van der Waals surface area contributed by atoms with Crippen LogP contribution in [0.5, 0.6) is 0 Å². The van der Waals surface area contributed by atoms with Crippen LogP contribution in [0.15, 0.2) is 59.6 Å². The molecular weight excluding hydrogens is 277 g/mol. The highest BCUT2D eigenvalue weighted by Gasteiger charge is 2.12. The van der Waals surface area contributed by atoms with Crippen molar-refractivity contribution in [3.8, 4) is 0 Å². The number of benzene rings is 2. The Balaban J connectivity index is 0.00000133. The molecule has 0 amide bonds. The molecule has 1 heterocycles. The predicted octanol–water partition coefficient (Wildman–Crippen LogP) is 4.63. The molecule has 0 atom stereocenters. The third-order valence-electron chi connectivity index (χ3n) is 2.97. The maximum atomic E-state index is 6.10. The van der Waals surface area contributed by atoms with Crippen molar-refractivity contribution in [1.29, 1.82) is 0 Å². The lowest BCUT2D eigenvalue weighted by Crippen LogP contribution is -2.05. The van der Waals surface area contributed by atoms with Crippen LogP contribution in [0.25, 0.3) is 6.08 Å². The van der Waals surface area contributed by atoms with Gasteiger partial charge in [-0.3, -0.25) is 4.99 Å². The van der Waals surface area contributed by atoms with Crippen molar-refractivity contribution in [1.82, 2.24) is 0 Å². The minimum Gasteiger partial charge on any atom is -0.280 e. The molecular formula is C16H13Cl2N. The second-order valence-corrected chi connectivity index (χ2v) is 4.63. The van der Waals surface area contributed by atoms with Gasteiger partial charge in [0.25, 0.3) is 0 Å². The largest absolute Gasteiger partial charge is 0.280 e. The lowest BCUT2D eigenvalue weighted by Gasteiger charge is -2.09. The highest BCUT2D eigenvalue weighted by Crippen LogP contribution is 2.23. The van der Waals surface area contributed by atoms with Crippen molar-refractivity contribution in [3.05, 3.63) is 76.3 Å². The molecule has 0 fully saturated rings. The second-order valence-electron chi connectivity index (χ2n) is 4.19. The normalized spacial score (nSPS) is 13.0. The number of nitrogens with zero attached hydrogens (tertiary/aromatic N) is 1. The number of aliphatic imine (C=N–C) groups is 1. The van der Waals surface area contributed by atoms with Crippen LogP contribution in [0.3, 0.4) is 0 Å². The molecule has 0 radical (unpaired) electrons. The molecule has 3 rings (SSSR count). The summed E-state index contributed by atoms with van der Waals surface area (Å²) in [5, 5.41) is 0.743. The smallest absolute Gasteiger partial charge is 0.0729 e. The van der Waals surface area contributed by atoms with E-state index >= 15 is 0 Å². The van der Waals surface area contributed by atoms with Crippen LogP contribution < -0.4 is 0 Å². The molecule has 1 nitrogen and oxygen atoms in total. The lowest BCUT2D eigenvalue weighted by atomic mass is 9.98. The molecule has 1 aliphatic heterocycles. The minimum absolute atomic E-state index is 0. The van der Waals surface area contributed by atoms with E-state index in [2.05, 4.69) is 29.3 Å². The van der Waals surface area contributed by atoms with E-state index in [1.807, 2.05) is 36.4 Å². The Labute approximate surface area is 124 Å². The molecule has 19 heavy (non-hydrogen) atoms. The van der Waals surface area contributed by atoms with Gasteiger partial charge in [-0.15, -0.1) is 12.4 Å². The van der Waals surface area contributed by atoms with E-state index in [1.54, 1.807) is 0 Å².